The first kappa shape index (κ1) is 27.3. The number of rotatable bonds is 12. The van der Waals surface area contributed by atoms with Crippen LogP contribution in [0.15, 0.2) is 46.4 Å². The van der Waals surface area contributed by atoms with Crippen molar-refractivity contribution < 1.29 is 16.5 Å². The molecule has 0 aliphatic heterocycles. The fraction of sp³-hybridized carbons (Fsp3) is 0.500. The van der Waals surface area contributed by atoms with Gasteiger partial charge in [-0.05, 0) is 86.1 Å². The van der Waals surface area contributed by atoms with E-state index in [1.54, 1.807) is 0 Å². The van der Waals surface area contributed by atoms with Crippen molar-refractivity contribution >= 4 is 23.3 Å². The summed E-state index contributed by atoms with van der Waals surface area (Å²) in [6, 6.07) is 13.1. The third kappa shape index (κ3) is 9.52. The quantitative estimate of drug-likeness (QED) is 0.171. The predicted molar refractivity (Wildman–Crippen MR) is 134 cm³/mol. The maximum absolute atomic E-state index is 5.02. The second-order valence-electron chi connectivity index (χ2n) is 8.39. The van der Waals surface area contributed by atoms with Crippen LogP contribution in [-0.4, -0.2) is 11.9 Å². The number of hydrogen-bond donors (Lipinski definition) is 0. The Labute approximate surface area is 200 Å². The van der Waals surface area contributed by atoms with E-state index in [9.17, 15) is 0 Å². The molecule has 0 aliphatic carbocycles. The van der Waals surface area contributed by atoms with E-state index < -0.39 is 0 Å². The second-order valence-corrected chi connectivity index (χ2v) is 8.39. The Kier molecular flexibility index (Phi) is 13.3. The van der Waals surface area contributed by atoms with Gasteiger partial charge in [0.25, 0.3) is 0 Å². The van der Waals surface area contributed by atoms with Crippen LogP contribution in [0.25, 0.3) is 0 Å². The van der Waals surface area contributed by atoms with Crippen molar-refractivity contribution in [1.82, 2.24) is 0 Å². The fourth-order valence-electron chi connectivity index (χ4n) is 3.70. The minimum atomic E-state index is 0. The van der Waals surface area contributed by atoms with Gasteiger partial charge in [-0.1, -0.05) is 65.0 Å². The van der Waals surface area contributed by atoms with Crippen LogP contribution in [0.1, 0.15) is 88.0 Å². The number of unbranched alkanes of at least 4 members (excludes halogenated alkanes) is 3. The van der Waals surface area contributed by atoms with Gasteiger partial charge in [0, 0.05) is 22.7 Å². The molecular formula is C28H40N2Ni. The Morgan fingerprint density at radius 1 is 0.742 bits per heavy atom. The molecule has 0 saturated carbocycles. The molecule has 2 aromatic carbocycles. The third-order valence-corrected chi connectivity index (χ3v) is 5.64. The number of aryl methyl sites for hydroxylation is 4. The number of benzene rings is 2. The molecule has 0 fully saturated rings. The first-order valence-electron chi connectivity index (χ1n) is 11.9. The monoisotopic (exact) mass is 462 g/mol. The van der Waals surface area contributed by atoms with Gasteiger partial charge in [-0.2, -0.15) is 0 Å². The average molecular weight is 463 g/mol. The van der Waals surface area contributed by atoms with Crippen LogP contribution < -0.4 is 0 Å². The van der Waals surface area contributed by atoms with E-state index in [1.807, 2.05) is 6.21 Å². The SMILES string of the molecule is CCCCCCC(C=Nc1ccc(C)c(C)c1)=Nc1ccc(CCC)c(CCC)c1.[Ni]. The predicted octanol–water partition coefficient (Wildman–Crippen LogP) is 8.65. The summed E-state index contributed by atoms with van der Waals surface area (Å²) < 4.78 is 0. The maximum atomic E-state index is 5.02. The molecule has 0 amide bonds. The number of nitrogens with zero attached hydrogens (tertiary/aromatic N) is 2. The van der Waals surface area contributed by atoms with Crippen molar-refractivity contribution in [2.45, 2.75) is 92.4 Å². The molecule has 0 aromatic heterocycles. The average Bonchev–Trinajstić information content (AvgIpc) is 2.73. The van der Waals surface area contributed by atoms with Crippen molar-refractivity contribution in [3.63, 3.8) is 0 Å². The summed E-state index contributed by atoms with van der Waals surface area (Å²) in [6.07, 6.45) is 12.6. The molecule has 2 aromatic rings. The Hall–Kier alpha value is -1.73. The molecule has 2 rings (SSSR count). The molecule has 0 bridgehead atoms. The van der Waals surface area contributed by atoms with E-state index in [2.05, 4.69) is 71.0 Å². The molecule has 0 heterocycles. The molecule has 172 valence electrons. The first-order chi connectivity index (χ1) is 14.6. The van der Waals surface area contributed by atoms with Gasteiger partial charge in [-0.3, -0.25) is 9.98 Å². The van der Waals surface area contributed by atoms with Crippen molar-refractivity contribution in [2.24, 2.45) is 9.98 Å². The van der Waals surface area contributed by atoms with E-state index in [0.29, 0.717) is 0 Å². The topological polar surface area (TPSA) is 24.7 Å². The molecule has 0 unspecified atom stereocenters. The van der Waals surface area contributed by atoms with Crippen LogP contribution in [0, 0.1) is 13.8 Å². The Morgan fingerprint density at radius 2 is 1.45 bits per heavy atom. The molecule has 0 spiro atoms. The fourth-order valence-corrected chi connectivity index (χ4v) is 3.70. The molecule has 3 heteroatoms. The van der Waals surface area contributed by atoms with E-state index in [-0.39, 0.29) is 16.5 Å². The minimum absolute atomic E-state index is 0. The molecule has 0 aliphatic rings. The van der Waals surface area contributed by atoms with Gasteiger partial charge in [0.15, 0.2) is 0 Å². The molecule has 0 saturated heterocycles. The van der Waals surface area contributed by atoms with Crippen LogP contribution in [0.5, 0.6) is 0 Å². The molecule has 31 heavy (non-hydrogen) atoms. The largest absolute Gasteiger partial charge is 0.255 e. The number of hydrogen-bond acceptors (Lipinski definition) is 2. The first-order valence-corrected chi connectivity index (χ1v) is 11.9. The van der Waals surface area contributed by atoms with Crippen LogP contribution in [0.2, 0.25) is 0 Å². The smallest absolute Gasteiger partial charge is 0.0636 e. The Balaban J connectivity index is 0.00000480. The Morgan fingerprint density at radius 3 is 2.13 bits per heavy atom. The molecule has 0 atom stereocenters. The van der Waals surface area contributed by atoms with Gasteiger partial charge in [0.1, 0.15) is 0 Å². The van der Waals surface area contributed by atoms with Crippen LogP contribution in [0.3, 0.4) is 0 Å². The summed E-state index contributed by atoms with van der Waals surface area (Å²) >= 11 is 0. The molecular weight excluding hydrogens is 423 g/mol. The molecule has 2 nitrogen and oxygen atoms in total. The van der Waals surface area contributed by atoms with Crippen molar-refractivity contribution in [1.29, 1.82) is 0 Å². The summed E-state index contributed by atoms with van der Waals surface area (Å²) in [4.78, 5) is 9.78. The van der Waals surface area contributed by atoms with Crippen LogP contribution in [0.4, 0.5) is 11.4 Å². The van der Waals surface area contributed by atoms with Gasteiger partial charge in [0.05, 0.1) is 17.1 Å². The maximum Gasteiger partial charge on any atom is 0.0636 e. The Bertz CT molecular complexity index is 852. The van der Waals surface area contributed by atoms with Gasteiger partial charge >= 0.3 is 0 Å². The standard InChI is InChI=1S/C28H40N2.Ni/c1-6-9-10-11-14-28(21-29-26-17-15-22(4)23(5)19-26)30-27-18-16-24(12-7-2)25(20-27)13-8-3;/h15-21H,6-14H2,1-5H3;. The van der Waals surface area contributed by atoms with E-state index in [4.69, 9.17) is 9.98 Å². The second kappa shape index (κ2) is 15.1. The van der Waals surface area contributed by atoms with Crippen molar-refractivity contribution in [3.8, 4) is 0 Å². The minimum Gasteiger partial charge on any atom is -0.255 e. The van der Waals surface area contributed by atoms with Crippen LogP contribution in [-0.2, 0) is 29.3 Å². The summed E-state index contributed by atoms with van der Waals surface area (Å²) in [5, 5.41) is 0. The summed E-state index contributed by atoms with van der Waals surface area (Å²) in [6.45, 7) is 11.0. The van der Waals surface area contributed by atoms with Gasteiger partial charge in [-0.15, -0.1) is 0 Å². The van der Waals surface area contributed by atoms with E-state index >= 15 is 0 Å². The zero-order chi connectivity index (χ0) is 21.8. The van der Waals surface area contributed by atoms with Crippen LogP contribution >= 0.6 is 0 Å². The van der Waals surface area contributed by atoms with E-state index in [1.165, 1.54) is 60.8 Å². The normalized spacial score (nSPS) is 11.7. The summed E-state index contributed by atoms with van der Waals surface area (Å²) in [5.74, 6) is 0. The zero-order valence-corrected chi connectivity index (χ0v) is 21.1. The summed E-state index contributed by atoms with van der Waals surface area (Å²) in [7, 11) is 0. The van der Waals surface area contributed by atoms with Crippen molar-refractivity contribution in [2.75, 3.05) is 0 Å². The number of aliphatic imine (C=N–C) groups is 2. The molecule has 0 N–H and O–H groups in total. The van der Waals surface area contributed by atoms with Gasteiger partial charge < -0.3 is 0 Å². The van der Waals surface area contributed by atoms with Gasteiger partial charge in [-0.25, -0.2) is 0 Å². The van der Waals surface area contributed by atoms with Crippen molar-refractivity contribution in [3.05, 3.63) is 58.7 Å². The van der Waals surface area contributed by atoms with Gasteiger partial charge in [0.2, 0.25) is 0 Å². The zero-order valence-electron chi connectivity index (χ0n) is 20.1. The van der Waals surface area contributed by atoms with E-state index in [0.717, 1.165) is 36.3 Å². The summed E-state index contributed by atoms with van der Waals surface area (Å²) in [5.41, 5.74) is 8.66. The molecule has 0 radical (unpaired) electrons. The third-order valence-electron chi connectivity index (χ3n) is 5.64.